The van der Waals surface area contributed by atoms with Gasteiger partial charge in [0.25, 0.3) is 0 Å². The fourth-order valence-corrected chi connectivity index (χ4v) is 2.75. The Hall–Kier alpha value is -2.55. The smallest absolute Gasteiger partial charge is 0.115 e. The summed E-state index contributed by atoms with van der Waals surface area (Å²) in [7, 11) is 0. The number of phenolic OH excluding ortho intramolecular Hbond substituents is 1. The molecule has 3 rings (SSSR count). The number of hydrogen-bond donors (Lipinski definition) is 1. The third kappa shape index (κ3) is 3.85. The number of rotatable bonds is 4. The minimum absolute atomic E-state index is 0.176. The minimum atomic E-state index is 0.176. The first-order valence-electron chi connectivity index (χ1n) is 8.29. The third-order valence-corrected chi connectivity index (χ3v) is 4.27. The number of benzene rings is 2. The van der Waals surface area contributed by atoms with Gasteiger partial charge in [0.05, 0.1) is 0 Å². The molecule has 3 aromatic rings. The largest absolute Gasteiger partial charge is 0.508 e. The maximum Gasteiger partial charge on any atom is 0.115 e. The van der Waals surface area contributed by atoms with Gasteiger partial charge in [-0.25, -0.2) is 4.98 Å². The molecule has 0 radical (unpaired) electrons. The van der Waals surface area contributed by atoms with Crippen molar-refractivity contribution in [2.45, 2.75) is 39.2 Å². The Morgan fingerprint density at radius 2 is 1.54 bits per heavy atom. The van der Waals surface area contributed by atoms with Crippen LogP contribution in [0.15, 0.2) is 60.9 Å². The molecule has 1 N–H and O–H groups in total. The van der Waals surface area contributed by atoms with E-state index in [0.717, 1.165) is 24.4 Å². The Labute approximate surface area is 143 Å². The van der Waals surface area contributed by atoms with Crippen LogP contribution in [0.4, 0.5) is 0 Å². The average Bonchev–Trinajstić information content (AvgIpc) is 2.96. The molecule has 0 aliphatic rings. The average molecular weight is 320 g/mol. The van der Waals surface area contributed by atoms with Crippen molar-refractivity contribution < 1.29 is 5.11 Å². The predicted octanol–water partition coefficient (Wildman–Crippen LogP) is 4.53. The second-order valence-electron chi connectivity index (χ2n) is 7.26. The van der Waals surface area contributed by atoms with Crippen LogP contribution in [0.3, 0.4) is 0 Å². The standard InChI is InChI=1S/C21H24N2O/c1-21(2,3)18-8-4-16(5-9-18)14-20-22-12-13-23(20)15-17-6-10-19(24)11-7-17/h4-13,24H,14-15H2,1-3H3. The lowest BCUT2D eigenvalue weighted by molar-refractivity contribution is 0.475. The highest BCUT2D eigenvalue weighted by Crippen LogP contribution is 2.23. The summed E-state index contributed by atoms with van der Waals surface area (Å²) < 4.78 is 2.16. The molecule has 3 nitrogen and oxygen atoms in total. The number of aromatic hydroxyl groups is 1. The molecule has 0 saturated carbocycles. The van der Waals surface area contributed by atoms with Crippen molar-refractivity contribution >= 4 is 0 Å². The Kier molecular flexibility index (Phi) is 4.43. The molecule has 2 aromatic carbocycles. The highest BCUT2D eigenvalue weighted by atomic mass is 16.3. The van der Waals surface area contributed by atoms with Gasteiger partial charge in [0.1, 0.15) is 11.6 Å². The molecule has 0 bridgehead atoms. The maximum absolute atomic E-state index is 9.39. The van der Waals surface area contributed by atoms with E-state index < -0.39 is 0 Å². The number of phenols is 1. The number of imidazole rings is 1. The molecule has 124 valence electrons. The van der Waals surface area contributed by atoms with E-state index in [4.69, 9.17) is 0 Å². The monoisotopic (exact) mass is 320 g/mol. The van der Waals surface area contributed by atoms with Crippen LogP contribution in [0, 0.1) is 0 Å². The molecule has 1 heterocycles. The summed E-state index contributed by atoms with van der Waals surface area (Å²) in [6.45, 7) is 7.45. The van der Waals surface area contributed by atoms with Gasteiger partial charge in [-0.15, -0.1) is 0 Å². The topological polar surface area (TPSA) is 38.0 Å². The first-order valence-corrected chi connectivity index (χ1v) is 8.29. The highest BCUT2D eigenvalue weighted by Gasteiger charge is 2.13. The molecule has 0 unspecified atom stereocenters. The van der Waals surface area contributed by atoms with Crippen molar-refractivity contribution in [3.05, 3.63) is 83.4 Å². The van der Waals surface area contributed by atoms with Gasteiger partial charge in [0.2, 0.25) is 0 Å². The molecule has 3 heteroatoms. The van der Waals surface area contributed by atoms with E-state index in [0.29, 0.717) is 5.75 Å². The molecule has 0 saturated heterocycles. The SMILES string of the molecule is CC(C)(C)c1ccc(Cc2nccn2Cc2ccc(O)cc2)cc1. The van der Waals surface area contributed by atoms with E-state index >= 15 is 0 Å². The van der Waals surface area contributed by atoms with Crippen LogP contribution in [0.5, 0.6) is 5.75 Å². The Morgan fingerprint density at radius 1 is 0.917 bits per heavy atom. The van der Waals surface area contributed by atoms with Crippen LogP contribution < -0.4 is 0 Å². The summed E-state index contributed by atoms with van der Waals surface area (Å²) >= 11 is 0. The highest BCUT2D eigenvalue weighted by molar-refractivity contribution is 5.30. The van der Waals surface area contributed by atoms with Gasteiger partial charge < -0.3 is 9.67 Å². The number of nitrogens with zero attached hydrogens (tertiary/aromatic N) is 2. The second-order valence-corrected chi connectivity index (χ2v) is 7.26. The zero-order valence-electron chi connectivity index (χ0n) is 14.5. The fraction of sp³-hybridized carbons (Fsp3) is 0.286. The molecule has 0 aliphatic carbocycles. The third-order valence-electron chi connectivity index (χ3n) is 4.27. The van der Waals surface area contributed by atoms with Crippen LogP contribution in [0.2, 0.25) is 0 Å². The lowest BCUT2D eigenvalue weighted by Gasteiger charge is -2.19. The van der Waals surface area contributed by atoms with Gasteiger partial charge in [0.15, 0.2) is 0 Å². The normalized spacial score (nSPS) is 11.6. The molecular weight excluding hydrogens is 296 g/mol. The summed E-state index contributed by atoms with van der Waals surface area (Å²) in [6.07, 6.45) is 4.67. The van der Waals surface area contributed by atoms with Gasteiger partial charge in [-0.3, -0.25) is 0 Å². The predicted molar refractivity (Wildman–Crippen MR) is 97.4 cm³/mol. The Bertz CT molecular complexity index is 793. The van der Waals surface area contributed by atoms with Crippen molar-refractivity contribution in [1.29, 1.82) is 0 Å². The Balaban J connectivity index is 1.74. The molecule has 0 atom stereocenters. The zero-order valence-corrected chi connectivity index (χ0v) is 14.5. The second kappa shape index (κ2) is 6.52. The van der Waals surface area contributed by atoms with Crippen LogP contribution in [0.25, 0.3) is 0 Å². The van der Waals surface area contributed by atoms with Crippen molar-refractivity contribution in [2.24, 2.45) is 0 Å². The molecule has 24 heavy (non-hydrogen) atoms. The summed E-state index contributed by atoms with van der Waals surface area (Å²) in [5.41, 5.74) is 3.94. The molecule has 0 amide bonds. The fourth-order valence-electron chi connectivity index (χ4n) is 2.75. The molecule has 0 fully saturated rings. The molecule has 0 spiro atoms. The van der Waals surface area contributed by atoms with Gasteiger partial charge in [-0.2, -0.15) is 0 Å². The van der Waals surface area contributed by atoms with Gasteiger partial charge in [-0.05, 0) is 34.2 Å². The van der Waals surface area contributed by atoms with E-state index in [1.165, 1.54) is 11.1 Å². The van der Waals surface area contributed by atoms with Crippen LogP contribution in [-0.4, -0.2) is 14.7 Å². The van der Waals surface area contributed by atoms with Crippen molar-refractivity contribution in [3.63, 3.8) is 0 Å². The van der Waals surface area contributed by atoms with Gasteiger partial charge in [0, 0.05) is 25.4 Å². The van der Waals surface area contributed by atoms with E-state index in [-0.39, 0.29) is 5.41 Å². The summed E-state index contributed by atoms with van der Waals surface area (Å²) in [6, 6.07) is 16.1. The summed E-state index contributed by atoms with van der Waals surface area (Å²) in [5, 5.41) is 9.39. The summed E-state index contributed by atoms with van der Waals surface area (Å²) in [4.78, 5) is 4.51. The van der Waals surface area contributed by atoms with Crippen molar-refractivity contribution in [1.82, 2.24) is 9.55 Å². The van der Waals surface area contributed by atoms with Crippen molar-refractivity contribution in [2.75, 3.05) is 0 Å². The molecular formula is C21H24N2O. The lowest BCUT2D eigenvalue weighted by atomic mass is 9.86. The lowest BCUT2D eigenvalue weighted by Crippen LogP contribution is -2.11. The molecule has 1 aromatic heterocycles. The van der Waals surface area contributed by atoms with E-state index in [1.807, 2.05) is 24.5 Å². The first-order chi connectivity index (χ1) is 11.4. The van der Waals surface area contributed by atoms with E-state index in [2.05, 4.69) is 54.6 Å². The van der Waals surface area contributed by atoms with Crippen LogP contribution >= 0.6 is 0 Å². The van der Waals surface area contributed by atoms with E-state index in [1.54, 1.807) is 12.1 Å². The maximum atomic E-state index is 9.39. The first kappa shape index (κ1) is 16.3. The number of aromatic nitrogens is 2. The molecule has 0 aliphatic heterocycles. The Morgan fingerprint density at radius 3 is 2.17 bits per heavy atom. The van der Waals surface area contributed by atoms with Gasteiger partial charge >= 0.3 is 0 Å². The van der Waals surface area contributed by atoms with Crippen LogP contribution in [-0.2, 0) is 18.4 Å². The summed E-state index contributed by atoms with van der Waals surface area (Å²) in [5.74, 6) is 1.34. The van der Waals surface area contributed by atoms with Gasteiger partial charge in [-0.1, -0.05) is 57.2 Å². The number of hydrogen-bond acceptors (Lipinski definition) is 2. The quantitative estimate of drug-likeness (QED) is 0.767. The van der Waals surface area contributed by atoms with Crippen LogP contribution in [0.1, 0.15) is 43.3 Å². The zero-order chi connectivity index (χ0) is 17.2. The van der Waals surface area contributed by atoms with E-state index in [9.17, 15) is 5.11 Å². The van der Waals surface area contributed by atoms with Crippen molar-refractivity contribution in [3.8, 4) is 5.75 Å². The minimum Gasteiger partial charge on any atom is -0.508 e.